The summed E-state index contributed by atoms with van der Waals surface area (Å²) in [6.07, 6.45) is 1.60. The zero-order valence-corrected chi connectivity index (χ0v) is 12.4. The van der Waals surface area contributed by atoms with Crippen molar-refractivity contribution in [2.24, 2.45) is 11.7 Å². The van der Waals surface area contributed by atoms with Gasteiger partial charge in [-0.25, -0.2) is 0 Å². The second-order valence-electron chi connectivity index (χ2n) is 4.08. The molecule has 0 heterocycles. The molecule has 0 saturated heterocycles. The third kappa shape index (κ3) is 6.66. The zero-order valence-electron chi connectivity index (χ0n) is 10.8. The number of primary amides is 1. The maximum atomic E-state index is 11.2. The molecule has 106 valence electrons. The summed E-state index contributed by atoms with van der Waals surface area (Å²) < 4.78 is 0. The van der Waals surface area contributed by atoms with E-state index in [0.29, 0.717) is 11.5 Å². The third-order valence-electron chi connectivity index (χ3n) is 2.66. The van der Waals surface area contributed by atoms with Gasteiger partial charge in [0.25, 0.3) is 0 Å². The first kappa shape index (κ1) is 18.0. The molecule has 3 N–H and O–H groups in total. The van der Waals surface area contributed by atoms with Crippen LogP contribution < -0.4 is 18.1 Å². The number of benzene rings is 1. The molecule has 2 unspecified atom stereocenters. The number of hydrogen-bond donors (Lipinski definition) is 2. The summed E-state index contributed by atoms with van der Waals surface area (Å²) in [6.45, 7) is 3.78. The molecule has 0 aliphatic heterocycles. The number of rotatable bonds is 8. The molecule has 0 spiro atoms. The average molecular weight is 302 g/mol. The monoisotopic (exact) mass is 301 g/mol. The molecule has 1 aromatic carbocycles. The zero-order chi connectivity index (χ0) is 13.4. The molecule has 0 bridgehead atoms. The highest BCUT2D eigenvalue weighted by Gasteiger charge is 2.25. The van der Waals surface area contributed by atoms with E-state index in [1.807, 2.05) is 18.2 Å². The predicted octanol–water partition coefficient (Wildman–Crippen LogP) is -1.91. The fourth-order valence-corrected chi connectivity index (χ4v) is 3.83. The smallest absolute Gasteiger partial charge is 0.229 e. The van der Waals surface area contributed by atoms with Crippen LogP contribution in [0.4, 0.5) is 0 Å². The Hall–Kier alpha value is -0.970. The highest BCUT2D eigenvalue weighted by Crippen LogP contribution is 2.13. The molecule has 19 heavy (non-hydrogen) atoms. The van der Waals surface area contributed by atoms with Crippen LogP contribution in [0.5, 0.6) is 0 Å². The van der Waals surface area contributed by atoms with Crippen LogP contribution >= 0.6 is 0 Å². The number of aliphatic hydroxyl groups is 1. The first-order valence-corrected chi connectivity index (χ1v) is 7.61. The first-order chi connectivity index (χ1) is 8.67. The Morgan fingerprint density at radius 2 is 2.05 bits per heavy atom. The van der Waals surface area contributed by atoms with E-state index >= 15 is 0 Å². The number of halogens is 1. The van der Waals surface area contributed by atoms with Crippen molar-refractivity contribution >= 4 is 16.8 Å². The minimum Gasteiger partial charge on any atom is -1.00 e. The lowest BCUT2D eigenvalue weighted by molar-refractivity contribution is -0.119. The van der Waals surface area contributed by atoms with Crippen LogP contribution in [-0.2, 0) is 21.4 Å². The highest BCUT2D eigenvalue weighted by molar-refractivity contribution is 7.96. The summed E-state index contributed by atoms with van der Waals surface area (Å²) in [5.41, 5.74) is 6.54. The molecule has 5 heteroatoms. The van der Waals surface area contributed by atoms with Gasteiger partial charge in [-0.2, -0.15) is 0 Å². The lowest BCUT2D eigenvalue weighted by Crippen LogP contribution is -3.00. The maximum Gasteiger partial charge on any atom is 0.229 e. The van der Waals surface area contributed by atoms with E-state index < -0.39 is 0 Å². The quantitative estimate of drug-likeness (QED) is 0.435. The van der Waals surface area contributed by atoms with Crippen molar-refractivity contribution in [2.45, 2.75) is 5.75 Å². The Balaban J connectivity index is 0.00000324. The molecule has 0 saturated carbocycles. The summed E-state index contributed by atoms with van der Waals surface area (Å²) in [6, 6.07) is 10.1. The van der Waals surface area contributed by atoms with E-state index in [1.165, 1.54) is 5.56 Å². The van der Waals surface area contributed by atoms with Gasteiger partial charge < -0.3 is 23.2 Å². The van der Waals surface area contributed by atoms with Gasteiger partial charge in [0.05, 0.1) is 6.61 Å². The van der Waals surface area contributed by atoms with E-state index in [-0.39, 0.29) is 41.7 Å². The summed E-state index contributed by atoms with van der Waals surface area (Å²) in [5.74, 6) is 1.61. The van der Waals surface area contributed by atoms with Gasteiger partial charge in [-0.15, -0.1) is 6.58 Å². The van der Waals surface area contributed by atoms with E-state index in [0.717, 1.165) is 5.75 Å². The highest BCUT2D eigenvalue weighted by atomic mass is 35.5. The van der Waals surface area contributed by atoms with Gasteiger partial charge in [0.1, 0.15) is 23.2 Å². The number of nitrogens with two attached hydrogens (primary N) is 1. The molecular weight excluding hydrogens is 282 g/mol. The molecule has 1 amide bonds. The number of hydrogen-bond acceptors (Lipinski definition) is 2. The summed E-state index contributed by atoms with van der Waals surface area (Å²) in [7, 11) is -0.0481. The minimum atomic E-state index is -0.339. The Labute approximate surface area is 123 Å². The number of carbonyl (C=O) groups is 1. The largest absolute Gasteiger partial charge is 1.00 e. The summed E-state index contributed by atoms with van der Waals surface area (Å²) in [5, 5.41) is 9.10. The third-order valence-corrected chi connectivity index (χ3v) is 4.99. The number of carbonyl (C=O) groups excluding carboxylic acids is 1. The summed E-state index contributed by atoms with van der Waals surface area (Å²) >= 11 is 0. The van der Waals surface area contributed by atoms with Crippen LogP contribution in [0.15, 0.2) is 43.0 Å². The van der Waals surface area contributed by atoms with Crippen LogP contribution in [0.3, 0.4) is 0 Å². The van der Waals surface area contributed by atoms with E-state index in [1.54, 1.807) is 6.08 Å². The molecule has 2 atom stereocenters. The van der Waals surface area contributed by atoms with Crippen molar-refractivity contribution in [3.8, 4) is 0 Å². The van der Waals surface area contributed by atoms with Crippen molar-refractivity contribution in [3.05, 3.63) is 48.6 Å². The fourth-order valence-electron chi connectivity index (χ4n) is 1.67. The van der Waals surface area contributed by atoms with Crippen molar-refractivity contribution in [2.75, 3.05) is 18.1 Å². The molecule has 1 aromatic rings. The molecule has 0 radical (unpaired) electrons. The molecule has 0 aromatic heterocycles. The molecule has 1 rings (SSSR count). The van der Waals surface area contributed by atoms with Crippen LogP contribution in [-0.4, -0.2) is 29.1 Å². The molecule has 0 aliphatic rings. The Morgan fingerprint density at radius 1 is 1.42 bits per heavy atom. The standard InChI is InChI=1S/C14H19NO2S.ClH/c1-2-13(14(15)17)11-18(9-8-16)10-12-6-4-3-5-7-12;/h2-7,13,16H,1,8-11H2,(H-,15,17);1H. The van der Waals surface area contributed by atoms with Gasteiger partial charge in [0, 0.05) is 5.56 Å². The average Bonchev–Trinajstić information content (AvgIpc) is 2.36. The predicted molar refractivity (Wildman–Crippen MR) is 77.2 cm³/mol. The van der Waals surface area contributed by atoms with Crippen LogP contribution in [0.2, 0.25) is 0 Å². The Kier molecular flexibility index (Phi) is 9.39. The van der Waals surface area contributed by atoms with Gasteiger partial charge >= 0.3 is 0 Å². The second kappa shape index (κ2) is 9.89. The van der Waals surface area contributed by atoms with Crippen LogP contribution in [0.25, 0.3) is 0 Å². The minimum absolute atomic E-state index is 0. The van der Waals surface area contributed by atoms with Gasteiger partial charge in [-0.1, -0.05) is 36.4 Å². The van der Waals surface area contributed by atoms with Gasteiger partial charge in [0.15, 0.2) is 0 Å². The van der Waals surface area contributed by atoms with Gasteiger partial charge in [-0.3, -0.25) is 4.79 Å². The van der Waals surface area contributed by atoms with Gasteiger partial charge in [-0.05, 0) is 10.9 Å². The van der Waals surface area contributed by atoms with Crippen molar-refractivity contribution in [1.82, 2.24) is 0 Å². The van der Waals surface area contributed by atoms with E-state index in [9.17, 15) is 4.79 Å². The van der Waals surface area contributed by atoms with E-state index in [2.05, 4.69) is 18.7 Å². The Morgan fingerprint density at radius 3 is 2.53 bits per heavy atom. The first-order valence-electron chi connectivity index (χ1n) is 5.88. The van der Waals surface area contributed by atoms with Crippen LogP contribution in [0.1, 0.15) is 5.56 Å². The molecule has 0 fully saturated rings. The maximum absolute atomic E-state index is 11.2. The second-order valence-corrected chi connectivity index (χ2v) is 6.34. The van der Waals surface area contributed by atoms with Crippen molar-refractivity contribution in [3.63, 3.8) is 0 Å². The normalized spacial score (nSPS) is 13.1. The SMILES string of the molecule is C=CC(C[S+](CCO)Cc1ccccc1)C(N)=O.[Cl-]. The lowest BCUT2D eigenvalue weighted by Gasteiger charge is -2.11. The van der Waals surface area contributed by atoms with Crippen molar-refractivity contribution < 1.29 is 22.3 Å². The molecule has 3 nitrogen and oxygen atoms in total. The Bertz CT molecular complexity index is 386. The topological polar surface area (TPSA) is 63.3 Å². The van der Waals surface area contributed by atoms with Gasteiger partial charge in [0.2, 0.25) is 5.91 Å². The van der Waals surface area contributed by atoms with Crippen LogP contribution in [0, 0.1) is 5.92 Å². The molecular formula is C14H20ClNO2S. The lowest BCUT2D eigenvalue weighted by atomic mass is 10.2. The summed E-state index contributed by atoms with van der Waals surface area (Å²) in [4.78, 5) is 11.2. The molecule has 0 aliphatic carbocycles. The number of amides is 1. The van der Waals surface area contributed by atoms with Crippen molar-refractivity contribution in [1.29, 1.82) is 0 Å². The number of aliphatic hydroxyl groups excluding tert-OH is 1. The van der Waals surface area contributed by atoms with E-state index in [4.69, 9.17) is 10.8 Å². The fraction of sp³-hybridized carbons (Fsp3) is 0.357.